The molecule has 1 aliphatic rings. The molecule has 3 heterocycles. The van der Waals surface area contributed by atoms with Crippen LogP contribution < -0.4 is 10.1 Å². The minimum Gasteiger partial charge on any atom is -0.493 e. The number of hydrogen-bond acceptors (Lipinski definition) is 6. The number of aromatic amines is 1. The number of nitriles is 1. The summed E-state index contributed by atoms with van der Waals surface area (Å²) in [6.07, 6.45) is -4.61. The molecule has 31 heavy (non-hydrogen) atoms. The minimum absolute atomic E-state index is 0.00642. The van der Waals surface area contributed by atoms with E-state index in [4.69, 9.17) is 4.74 Å². The van der Waals surface area contributed by atoms with Crippen LogP contribution in [-0.2, 0) is 17.5 Å². The molecule has 1 saturated heterocycles. The smallest absolute Gasteiger partial charge is 0.419 e. The number of fused-ring (bicyclic) bond motifs is 1. The molecule has 11 heteroatoms. The average molecular weight is 430 g/mol. The standard InChI is InChI=1S/C20H17F3N6O2/c1-2-31-16-4-3-11(5-12(16)20(21,22)23)13-6-14-19(15(7-24)26-13)28-17(27-14)8-29-9-18(30)25-10-29/h3-6H,2,8-10H2,1H3,(H,25,30)(H,27,28). The molecule has 2 aromatic heterocycles. The highest BCUT2D eigenvalue weighted by atomic mass is 19.4. The van der Waals surface area contributed by atoms with Crippen LogP contribution in [0.1, 0.15) is 24.0 Å². The summed E-state index contributed by atoms with van der Waals surface area (Å²) in [6, 6.07) is 7.17. The second-order valence-corrected chi connectivity index (χ2v) is 6.93. The van der Waals surface area contributed by atoms with Crippen molar-refractivity contribution in [3.8, 4) is 23.1 Å². The number of alkyl halides is 3. The van der Waals surface area contributed by atoms with E-state index in [0.29, 0.717) is 30.1 Å². The molecule has 1 aromatic carbocycles. The lowest BCUT2D eigenvalue weighted by molar-refractivity contribution is -0.138. The van der Waals surface area contributed by atoms with Crippen LogP contribution in [0.25, 0.3) is 22.3 Å². The zero-order valence-corrected chi connectivity index (χ0v) is 16.4. The molecule has 1 fully saturated rings. The van der Waals surface area contributed by atoms with Crippen molar-refractivity contribution in [3.05, 3.63) is 41.3 Å². The lowest BCUT2D eigenvalue weighted by atomic mass is 10.1. The van der Waals surface area contributed by atoms with Crippen LogP contribution in [-0.4, -0.2) is 45.6 Å². The molecule has 0 unspecified atom stereocenters. The summed E-state index contributed by atoms with van der Waals surface area (Å²) in [5.74, 6) is 0.163. The zero-order valence-electron chi connectivity index (χ0n) is 16.4. The fourth-order valence-corrected chi connectivity index (χ4v) is 3.40. The number of benzene rings is 1. The Morgan fingerprint density at radius 2 is 2.10 bits per heavy atom. The molecule has 0 bridgehead atoms. The number of rotatable bonds is 5. The van der Waals surface area contributed by atoms with E-state index >= 15 is 0 Å². The van der Waals surface area contributed by atoms with Crippen molar-refractivity contribution in [2.45, 2.75) is 19.6 Å². The summed E-state index contributed by atoms with van der Waals surface area (Å²) in [6.45, 7) is 2.66. The van der Waals surface area contributed by atoms with Gasteiger partial charge in [0.1, 0.15) is 23.2 Å². The number of hydrogen-bond donors (Lipinski definition) is 2. The van der Waals surface area contributed by atoms with Crippen molar-refractivity contribution < 1.29 is 22.7 Å². The van der Waals surface area contributed by atoms with Crippen LogP contribution in [0.15, 0.2) is 24.3 Å². The van der Waals surface area contributed by atoms with Crippen LogP contribution in [0.5, 0.6) is 5.75 Å². The molecule has 2 N–H and O–H groups in total. The summed E-state index contributed by atoms with van der Waals surface area (Å²) in [5.41, 5.74) is 0.265. The number of carbonyl (C=O) groups excluding carboxylic acids is 1. The van der Waals surface area contributed by atoms with Gasteiger partial charge in [-0.05, 0) is 31.2 Å². The first-order chi connectivity index (χ1) is 14.8. The van der Waals surface area contributed by atoms with Crippen molar-refractivity contribution in [2.75, 3.05) is 19.8 Å². The van der Waals surface area contributed by atoms with Gasteiger partial charge in [0.25, 0.3) is 0 Å². The third-order valence-electron chi connectivity index (χ3n) is 4.75. The van der Waals surface area contributed by atoms with Crippen molar-refractivity contribution in [2.24, 2.45) is 0 Å². The monoisotopic (exact) mass is 430 g/mol. The maximum absolute atomic E-state index is 13.5. The lowest BCUT2D eigenvalue weighted by Crippen LogP contribution is -2.21. The lowest BCUT2D eigenvalue weighted by Gasteiger charge is -2.14. The number of aromatic nitrogens is 3. The minimum atomic E-state index is -4.61. The maximum Gasteiger partial charge on any atom is 0.419 e. The van der Waals surface area contributed by atoms with Crippen LogP contribution in [0.3, 0.4) is 0 Å². The highest BCUT2D eigenvalue weighted by Gasteiger charge is 2.35. The van der Waals surface area contributed by atoms with E-state index in [1.165, 1.54) is 12.1 Å². The summed E-state index contributed by atoms with van der Waals surface area (Å²) < 4.78 is 45.6. The van der Waals surface area contributed by atoms with Gasteiger partial charge in [-0.1, -0.05) is 0 Å². The molecule has 1 aliphatic heterocycles. The number of carbonyl (C=O) groups is 1. The molecule has 0 aliphatic carbocycles. The van der Waals surface area contributed by atoms with Crippen LogP contribution in [0.2, 0.25) is 0 Å². The number of amides is 1. The number of imidazole rings is 1. The SMILES string of the molecule is CCOc1ccc(-c2cc3[nH]c(CN4CNC(=O)C4)nc3c(C#N)n2)cc1C(F)(F)F. The predicted molar refractivity (Wildman–Crippen MR) is 104 cm³/mol. The van der Waals surface area contributed by atoms with Gasteiger partial charge in [0.2, 0.25) is 5.91 Å². The second kappa shape index (κ2) is 7.88. The van der Waals surface area contributed by atoms with Gasteiger partial charge in [-0.25, -0.2) is 9.97 Å². The first-order valence-corrected chi connectivity index (χ1v) is 9.41. The van der Waals surface area contributed by atoms with Gasteiger partial charge in [-0.2, -0.15) is 18.4 Å². The highest BCUT2D eigenvalue weighted by molar-refractivity contribution is 5.84. The van der Waals surface area contributed by atoms with Crippen molar-refractivity contribution in [3.63, 3.8) is 0 Å². The van der Waals surface area contributed by atoms with Gasteiger partial charge in [0.15, 0.2) is 5.69 Å². The number of nitrogens with zero attached hydrogens (tertiary/aromatic N) is 4. The largest absolute Gasteiger partial charge is 0.493 e. The van der Waals surface area contributed by atoms with E-state index < -0.39 is 11.7 Å². The van der Waals surface area contributed by atoms with Crippen LogP contribution >= 0.6 is 0 Å². The Kier molecular flexibility index (Phi) is 5.24. The van der Waals surface area contributed by atoms with Crippen LogP contribution in [0.4, 0.5) is 13.2 Å². The topological polar surface area (TPSA) is 107 Å². The van der Waals surface area contributed by atoms with Crippen molar-refractivity contribution >= 4 is 16.9 Å². The Morgan fingerprint density at radius 1 is 1.29 bits per heavy atom. The number of H-pyrrole nitrogens is 1. The van der Waals surface area contributed by atoms with Gasteiger partial charge in [-0.3, -0.25) is 9.69 Å². The fourth-order valence-electron chi connectivity index (χ4n) is 3.40. The van der Waals surface area contributed by atoms with Crippen molar-refractivity contribution in [1.82, 2.24) is 25.2 Å². The Hall–Kier alpha value is -3.65. The molecule has 1 amide bonds. The Bertz CT molecular complexity index is 1200. The molecule has 8 nitrogen and oxygen atoms in total. The summed E-state index contributed by atoms with van der Waals surface area (Å²) >= 11 is 0. The zero-order chi connectivity index (χ0) is 22.2. The number of pyridine rings is 1. The first kappa shape index (κ1) is 20.6. The molecular weight excluding hydrogens is 413 g/mol. The number of nitrogens with one attached hydrogen (secondary N) is 2. The summed E-state index contributed by atoms with van der Waals surface area (Å²) in [7, 11) is 0. The molecule has 0 atom stereocenters. The molecule has 0 spiro atoms. The summed E-state index contributed by atoms with van der Waals surface area (Å²) in [4.78, 5) is 24.8. The molecular formula is C20H17F3N6O2. The average Bonchev–Trinajstić information content (AvgIpc) is 3.32. The molecule has 0 saturated carbocycles. The van der Waals surface area contributed by atoms with Gasteiger partial charge in [0, 0.05) is 5.56 Å². The Morgan fingerprint density at radius 3 is 2.74 bits per heavy atom. The second-order valence-electron chi connectivity index (χ2n) is 6.93. The number of ether oxygens (including phenoxy) is 1. The molecule has 3 aromatic rings. The normalized spacial score (nSPS) is 14.6. The van der Waals surface area contributed by atoms with Gasteiger partial charge < -0.3 is 15.0 Å². The van der Waals surface area contributed by atoms with E-state index in [2.05, 4.69) is 20.3 Å². The van der Waals surface area contributed by atoms with E-state index in [-0.39, 0.29) is 41.8 Å². The van der Waals surface area contributed by atoms with Crippen LogP contribution in [0, 0.1) is 11.3 Å². The molecule has 0 radical (unpaired) electrons. The number of halogens is 3. The van der Waals surface area contributed by atoms with Gasteiger partial charge in [-0.15, -0.1) is 0 Å². The van der Waals surface area contributed by atoms with E-state index in [1.54, 1.807) is 13.0 Å². The maximum atomic E-state index is 13.5. The van der Waals surface area contributed by atoms with E-state index in [9.17, 15) is 23.2 Å². The van der Waals surface area contributed by atoms with Gasteiger partial charge in [0.05, 0.1) is 43.1 Å². The third kappa shape index (κ3) is 4.15. The Labute approximate surface area is 174 Å². The fraction of sp³-hybridized carbons (Fsp3) is 0.300. The highest BCUT2D eigenvalue weighted by Crippen LogP contribution is 2.39. The first-order valence-electron chi connectivity index (χ1n) is 9.41. The van der Waals surface area contributed by atoms with Crippen molar-refractivity contribution in [1.29, 1.82) is 5.26 Å². The third-order valence-corrected chi connectivity index (χ3v) is 4.75. The Balaban J connectivity index is 1.74. The van der Waals surface area contributed by atoms with E-state index in [0.717, 1.165) is 6.07 Å². The summed E-state index contributed by atoms with van der Waals surface area (Å²) in [5, 5.41) is 12.2. The predicted octanol–water partition coefficient (Wildman–Crippen LogP) is 2.80. The quantitative estimate of drug-likeness (QED) is 0.645. The molecule has 160 valence electrons. The molecule has 4 rings (SSSR count). The van der Waals surface area contributed by atoms with E-state index in [1.807, 2.05) is 11.0 Å². The van der Waals surface area contributed by atoms with Gasteiger partial charge >= 0.3 is 6.18 Å².